The van der Waals surface area contributed by atoms with Crippen molar-refractivity contribution < 1.29 is 0 Å². The molecule has 5 heavy (non-hydrogen) atoms. The van der Waals surface area contributed by atoms with Crippen molar-refractivity contribution in [3.63, 3.8) is 0 Å². The highest BCUT2D eigenvalue weighted by Gasteiger charge is 1.94. The Kier molecular flexibility index (Phi) is 0.390. The van der Waals surface area contributed by atoms with Crippen LogP contribution in [0.25, 0.3) is 0 Å². The molecule has 0 unspecified atom stereocenters. The third-order valence-corrected chi connectivity index (χ3v) is 0.459. The maximum absolute atomic E-state index is 4.41. The Bertz CT molecular complexity index is 84.9. The van der Waals surface area contributed by atoms with Gasteiger partial charge in [0.05, 0.1) is 0 Å². The minimum Gasteiger partial charge on any atom is -0.231 e. The normalized spacial score (nSPS) is 17.2. The zero-order chi connectivity index (χ0) is 3.70. The molecule has 0 saturated carbocycles. The smallest absolute Gasteiger partial charge is 0.231 e. The van der Waals surface area contributed by atoms with Crippen LogP contribution < -0.4 is 5.43 Å². The van der Waals surface area contributed by atoms with E-state index in [9.17, 15) is 0 Å². The van der Waals surface area contributed by atoms with Crippen LogP contribution in [0.2, 0.25) is 0 Å². The van der Waals surface area contributed by atoms with E-state index in [0.29, 0.717) is 5.11 Å². The molecule has 0 spiro atoms. The molecule has 0 aromatic carbocycles. The Hall–Kier alpha value is -0.510. The van der Waals surface area contributed by atoms with Gasteiger partial charge in [-0.25, -0.2) is 5.43 Å². The summed E-state index contributed by atoms with van der Waals surface area (Å²) in [4.78, 5) is 0. The predicted octanol–water partition coefficient (Wildman–Crippen LogP) is 0.242. The molecule has 0 bridgehead atoms. The predicted molar refractivity (Wildman–Crippen MR) is 20.6 cm³/mol. The summed E-state index contributed by atoms with van der Waals surface area (Å²) in [5.41, 5.74) is 2.40. The van der Waals surface area contributed by atoms with Crippen molar-refractivity contribution in [1.29, 1.82) is 0 Å². The molecular weight excluding hydrogens is 86.1 g/mol. The maximum Gasteiger partial charge on any atom is 0.237 e. The van der Waals surface area contributed by atoms with E-state index in [1.807, 2.05) is 0 Å². The number of rotatable bonds is 0. The van der Waals surface area contributed by atoms with Crippen molar-refractivity contribution in [1.82, 2.24) is 5.43 Å². The average Bonchev–Trinajstić information content (AvgIpc) is 1.30. The van der Waals surface area contributed by atoms with E-state index >= 15 is 0 Å². The van der Waals surface area contributed by atoms with Gasteiger partial charge in [-0.3, -0.25) is 0 Å². The van der Waals surface area contributed by atoms with Crippen molar-refractivity contribution in [3.05, 3.63) is 0 Å². The highest BCUT2D eigenvalue weighted by atomic mass is 32.1. The fourth-order valence-corrected chi connectivity index (χ4v) is 0.172. The summed E-state index contributed by atoms with van der Waals surface area (Å²) in [6, 6.07) is 0. The van der Waals surface area contributed by atoms with Crippen LogP contribution in [0.15, 0.2) is 10.3 Å². The summed E-state index contributed by atoms with van der Waals surface area (Å²) >= 11 is 4.41. The molecule has 0 fully saturated rings. The third-order valence-electron chi connectivity index (χ3n) is 0.286. The van der Waals surface area contributed by atoms with Crippen molar-refractivity contribution in [2.75, 3.05) is 0 Å². The van der Waals surface area contributed by atoms with E-state index in [0.717, 1.165) is 0 Å². The molecule has 0 aromatic heterocycles. The SMILES string of the molecule is S=C1N=NN1. The molecule has 0 aromatic rings. The molecule has 0 saturated heterocycles. The number of nitrogens with one attached hydrogen (secondary N) is 1. The monoisotopic (exact) mass is 87.0 g/mol. The minimum atomic E-state index is 0.477. The van der Waals surface area contributed by atoms with Gasteiger partial charge in [0.1, 0.15) is 0 Å². The summed E-state index contributed by atoms with van der Waals surface area (Å²) in [5.74, 6) is 0. The van der Waals surface area contributed by atoms with Gasteiger partial charge in [0, 0.05) is 0 Å². The van der Waals surface area contributed by atoms with Gasteiger partial charge < -0.3 is 0 Å². The fraction of sp³-hybridized carbons (Fsp3) is 0. The second-order valence-corrected chi connectivity index (χ2v) is 1.00. The first kappa shape index (κ1) is 2.71. The third kappa shape index (κ3) is 0.257. The highest BCUT2D eigenvalue weighted by Crippen LogP contribution is 1.84. The zero-order valence-corrected chi connectivity index (χ0v) is 3.12. The molecule has 1 aliphatic heterocycles. The molecule has 26 valence electrons. The summed E-state index contributed by atoms with van der Waals surface area (Å²) in [5, 5.41) is 7.02. The van der Waals surface area contributed by atoms with Crippen molar-refractivity contribution in [2.45, 2.75) is 0 Å². The van der Waals surface area contributed by atoms with Crippen molar-refractivity contribution >= 4 is 17.3 Å². The largest absolute Gasteiger partial charge is 0.237 e. The van der Waals surface area contributed by atoms with Gasteiger partial charge in [-0.2, -0.15) is 0 Å². The Balaban J connectivity index is 2.71. The van der Waals surface area contributed by atoms with E-state index in [2.05, 4.69) is 28.0 Å². The van der Waals surface area contributed by atoms with E-state index < -0.39 is 0 Å². The molecule has 1 rings (SSSR count). The van der Waals surface area contributed by atoms with Gasteiger partial charge in [0.15, 0.2) is 0 Å². The quantitative estimate of drug-likeness (QED) is 0.430. The minimum absolute atomic E-state index is 0.477. The lowest BCUT2D eigenvalue weighted by Crippen LogP contribution is -2.19. The summed E-state index contributed by atoms with van der Waals surface area (Å²) < 4.78 is 0. The second-order valence-electron chi connectivity index (χ2n) is 0.617. The van der Waals surface area contributed by atoms with E-state index in [-0.39, 0.29) is 0 Å². The second kappa shape index (κ2) is 0.718. The topological polar surface area (TPSA) is 36.8 Å². The first-order valence-corrected chi connectivity index (χ1v) is 1.51. The van der Waals surface area contributed by atoms with Gasteiger partial charge in [0.2, 0.25) is 5.11 Å². The Morgan fingerprint density at radius 3 is 2.20 bits per heavy atom. The van der Waals surface area contributed by atoms with Gasteiger partial charge in [0.25, 0.3) is 0 Å². The molecule has 1 heterocycles. The molecule has 0 atom stereocenters. The van der Waals surface area contributed by atoms with Crippen LogP contribution in [-0.2, 0) is 0 Å². The summed E-state index contributed by atoms with van der Waals surface area (Å²) in [6.45, 7) is 0. The molecule has 0 aliphatic carbocycles. The lowest BCUT2D eigenvalue weighted by molar-refractivity contribution is 0.840. The summed E-state index contributed by atoms with van der Waals surface area (Å²) in [7, 11) is 0. The average molecular weight is 87.1 g/mol. The van der Waals surface area contributed by atoms with Crippen LogP contribution in [0.4, 0.5) is 0 Å². The highest BCUT2D eigenvalue weighted by molar-refractivity contribution is 7.80. The van der Waals surface area contributed by atoms with E-state index in [1.165, 1.54) is 0 Å². The van der Waals surface area contributed by atoms with Crippen molar-refractivity contribution in [3.8, 4) is 0 Å². The lowest BCUT2D eigenvalue weighted by atomic mass is 11.1. The Morgan fingerprint density at radius 2 is 2.20 bits per heavy atom. The van der Waals surface area contributed by atoms with Crippen LogP contribution in [0.1, 0.15) is 0 Å². The molecule has 3 nitrogen and oxygen atoms in total. The van der Waals surface area contributed by atoms with Crippen LogP contribution in [0.3, 0.4) is 0 Å². The molecule has 0 radical (unpaired) electrons. The Labute approximate surface area is 34.1 Å². The molecule has 4 heteroatoms. The van der Waals surface area contributed by atoms with Gasteiger partial charge in [-0.1, -0.05) is 5.22 Å². The first-order valence-electron chi connectivity index (χ1n) is 1.10. The maximum atomic E-state index is 4.41. The zero-order valence-electron chi connectivity index (χ0n) is 2.30. The number of hydrogen-bond acceptors (Lipinski definition) is 2. The van der Waals surface area contributed by atoms with Gasteiger partial charge in [-0.05, 0) is 12.2 Å². The number of nitrogens with zero attached hydrogens (tertiary/aromatic N) is 2. The summed E-state index contributed by atoms with van der Waals surface area (Å²) in [6.07, 6.45) is 0. The number of thiocarbonyl (C=S) groups is 1. The fourth-order valence-electron chi connectivity index (χ4n) is 0.0908. The Morgan fingerprint density at radius 1 is 1.80 bits per heavy atom. The first-order chi connectivity index (χ1) is 2.39. The molecule has 1 aliphatic rings. The van der Waals surface area contributed by atoms with Crippen LogP contribution >= 0.6 is 12.2 Å². The van der Waals surface area contributed by atoms with Gasteiger partial charge >= 0.3 is 0 Å². The van der Waals surface area contributed by atoms with Gasteiger partial charge in [-0.15, -0.1) is 5.11 Å². The molecular formula is CHN3S. The standard InChI is InChI=1S/CHN3S/c5-1-2-4-3-1/h(H,2,3,5). The van der Waals surface area contributed by atoms with Crippen molar-refractivity contribution in [2.24, 2.45) is 10.3 Å². The molecule has 0 amide bonds. The van der Waals surface area contributed by atoms with E-state index in [4.69, 9.17) is 0 Å². The van der Waals surface area contributed by atoms with Crippen LogP contribution in [0, 0.1) is 0 Å². The lowest BCUT2D eigenvalue weighted by Gasteiger charge is -1.97. The van der Waals surface area contributed by atoms with Crippen LogP contribution in [-0.4, -0.2) is 5.11 Å². The molecule has 1 N–H and O–H groups in total. The van der Waals surface area contributed by atoms with Crippen LogP contribution in [0.5, 0.6) is 0 Å². The number of hydrogen-bond donors (Lipinski definition) is 1. The van der Waals surface area contributed by atoms with E-state index in [1.54, 1.807) is 0 Å².